The van der Waals surface area contributed by atoms with Gasteiger partial charge in [0.05, 0.1) is 6.61 Å². The zero-order valence-corrected chi connectivity index (χ0v) is 12.6. The third-order valence-corrected chi connectivity index (χ3v) is 4.38. The average molecular weight is 320 g/mol. The number of carbonyl (C=O) groups excluding carboxylic acids is 1. The van der Waals surface area contributed by atoms with Crippen LogP contribution in [-0.4, -0.2) is 19.1 Å². The van der Waals surface area contributed by atoms with E-state index in [2.05, 4.69) is 34.2 Å². The maximum Gasteiger partial charge on any atom is 0.305 e. The van der Waals surface area contributed by atoms with Gasteiger partial charge in [0, 0.05) is 27.2 Å². The summed E-state index contributed by atoms with van der Waals surface area (Å²) in [6.07, 6.45) is 1.32. The molecule has 0 bridgehead atoms. The minimum atomic E-state index is -0.107. The van der Waals surface area contributed by atoms with Gasteiger partial charge in [0.2, 0.25) is 0 Å². The number of rotatable bonds is 7. The Morgan fingerprint density at radius 2 is 2.35 bits per heavy atom. The SMILES string of the molecule is CCOC(=O)CCCNCc1cc(Br)c(C)s1. The van der Waals surface area contributed by atoms with E-state index in [0.29, 0.717) is 13.0 Å². The summed E-state index contributed by atoms with van der Waals surface area (Å²) < 4.78 is 6.03. The van der Waals surface area contributed by atoms with Crippen molar-refractivity contribution in [2.75, 3.05) is 13.2 Å². The second-order valence-electron chi connectivity index (χ2n) is 3.70. The van der Waals surface area contributed by atoms with Gasteiger partial charge >= 0.3 is 5.97 Å². The Morgan fingerprint density at radius 1 is 1.59 bits per heavy atom. The number of hydrogen-bond donors (Lipinski definition) is 1. The maximum atomic E-state index is 11.1. The summed E-state index contributed by atoms with van der Waals surface area (Å²) in [5.74, 6) is -0.107. The molecule has 0 aliphatic heterocycles. The molecule has 3 nitrogen and oxygen atoms in total. The molecule has 0 aliphatic carbocycles. The van der Waals surface area contributed by atoms with E-state index in [1.54, 1.807) is 11.3 Å². The Hall–Kier alpha value is -0.390. The lowest BCUT2D eigenvalue weighted by atomic mass is 10.3. The van der Waals surface area contributed by atoms with E-state index < -0.39 is 0 Å². The third-order valence-electron chi connectivity index (χ3n) is 2.25. The summed E-state index contributed by atoms with van der Waals surface area (Å²) in [5, 5.41) is 3.32. The van der Waals surface area contributed by atoms with Gasteiger partial charge < -0.3 is 10.1 Å². The van der Waals surface area contributed by atoms with Crippen molar-refractivity contribution < 1.29 is 9.53 Å². The second-order valence-corrected chi connectivity index (χ2v) is 5.90. The Morgan fingerprint density at radius 3 is 2.94 bits per heavy atom. The predicted molar refractivity (Wildman–Crippen MR) is 74.3 cm³/mol. The lowest BCUT2D eigenvalue weighted by Crippen LogP contribution is -2.15. The molecule has 17 heavy (non-hydrogen) atoms. The van der Waals surface area contributed by atoms with E-state index >= 15 is 0 Å². The van der Waals surface area contributed by atoms with Crippen molar-refractivity contribution in [1.82, 2.24) is 5.32 Å². The topological polar surface area (TPSA) is 38.3 Å². The maximum absolute atomic E-state index is 11.1. The highest BCUT2D eigenvalue weighted by atomic mass is 79.9. The minimum Gasteiger partial charge on any atom is -0.466 e. The number of carbonyl (C=O) groups is 1. The zero-order chi connectivity index (χ0) is 12.7. The Balaban J connectivity index is 2.10. The molecule has 1 N–H and O–H groups in total. The fourth-order valence-corrected chi connectivity index (χ4v) is 2.98. The smallest absolute Gasteiger partial charge is 0.305 e. The largest absolute Gasteiger partial charge is 0.466 e. The van der Waals surface area contributed by atoms with Gasteiger partial charge in [-0.2, -0.15) is 0 Å². The first-order valence-electron chi connectivity index (χ1n) is 5.74. The van der Waals surface area contributed by atoms with Crippen molar-refractivity contribution in [3.05, 3.63) is 20.3 Å². The van der Waals surface area contributed by atoms with Gasteiger partial charge in [0.25, 0.3) is 0 Å². The lowest BCUT2D eigenvalue weighted by molar-refractivity contribution is -0.143. The number of ether oxygens (including phenoxy) is 1. The highest BCUT2D eigenvalue weighted by molar-refractivity contribution is 9.10. The molecule has 1 rings (SSSR count). The molecule has 0 saturated carbocycles. The van der Waals surface area contributed by atoms with Crippen LogP contribution in [0.25, 0.3) is 0 Å². The van der Waals surface area contributed by atoms with E-state index in [0.717, 1.165) is 19.5 Å². The molecular weight excluding hydrogens is 302 g/mol. The van der Waals surface area contributed by atoms with Gasteiger partial charge in [0.15, 0.2) is 0 Å². The molecule has 5 heteroatoms. The number of esters is 1. The molecule has 0 aromatic carbocycles. The van der Waals surface area contributed by atoms with E-state index in [4.69, 9.17) is 4.74 Å². The van der Waals surface area contributed by atoms with Crippen LogP contribution in [0.4, 0.5) is 0 Å². The molecule has 0 saturated heterocycles. The molecule has 0 fully saturated rings. The van der Waals surface area contributed by atoms with Crippen LogP contribution >= 0.6 is 27.3 Å². The molecule has 0 unspecified atom stereocenters. The normalized spacial score (nSPS) is 10.5. The quantitative estimate of drug-likeness (QED) is 0.619. The van der Waals surface area contributed by atoms with E-state index in [-0.39, 0.29) is 5.97 Å². The van der Waals surface area contributed by atoms with Crippen LogP contribution in [0.3, 0.4) is 0 Å². The van der Waals surface area contributed by atoms with E-state index in [1.165, 1.54) is 14.2 Å². The molecule has 96 valence electrons. The van der Waals surface area contributed by atoms with E-state index in [9.17, 15) is 4.79 Å². The fraction of sp³-hybridized carbons (Fsp3) is 0.583. The van der Waals surface area contributed by atoms with Crippen LogP contribution in [0.15, 0.2) is 10.5 Å². The Kier molecular flexibility index (Phi) is 6.77. The molecule has 0 spiro atoms. The van der Waals surface area contributed by atoms with Crippen LogP contribution in [0, 0.1) is 6.92 Å². The Bertz CT molecular complexity index is 346. The monoisotopic (exact) mass is 319 g/mol. The molecule has 0 aliphatic rings. The van der Waals surface area contributed by atoms with E-state index in [1.807, 2.05) is 6.92 Å². The van der Waals surface area contributed by atoms with Gasteiger partial charge in [-0.05, 0) is 48.8 Å². The molecule has 0 amide bonds. The van der Waals surface area contributed by atoms with Crippen LogP contribution < -0.4 is 5.32 Å². The molecule has 1 aromatic rings. The van der Waals surface area contributed by atoms with Gasteiger partial charge in [0.1, 0.15) is 0 Å². The van der Waals surface area contributed by atoms with Crippen LogP contribution in [-0.2, 0) is 16.1 Å². The molecule has 0 atom stereocenters. The standard InChI is InChI=1S/C12H18BrNO2S/c1-3-16-12(15)5-4-6-14-8-10-7-11(13)9(2)17-10/h7,14H,3-6,8H2,1-2H3. The number of nitrogens with one attached hydrogen (secondary N) is 1. The second kappa shape index (κ2) is 7.84. The molecule has 0 radical (unpaired) electrons. The van der Waals surface area contributed by atoms with Crippen LogP contribution in [0.2, 0.25) is 0 Å². The highest BCUT2D eigenvalue weighted by Gasteiger charge is 2.03. The molecule has 1 aromatic heterocycles. The number of halogens is 1. The molecular formula is C12H18BrNO2S. The number of hydrogen-bond acceptors (Lipinski definition) is 4. The zero-order valence-electron chi connectivity index (χ0n) is 10.2. The first-order valence-corrected chi connectivity index (χ1v) is 7.35. The van der Waals surface area contributed by atoms with Crippen LogP contribution in [0.1, 0.15) is 29.5 Å². The summed E-state index contributed by atoms with van der Waals surface area (Å²) >= 11 is 5.28. The van der Waals surface area contributed by atoms with Crippen molar-refractivity contribution >= 4 is 33.2 Å². The summed E-state index contributed by atoms with van der Waals surface area (Å²) in [6, 6.07) is 2.14. The predicted octanol–water partition coefficient (Wildman–Crippen LogP) is 3.25. The first kappa shape index (κ1) is 14.7. The van der Waals surface area contributed by atoms with Crippen molar-refractivity contribution in [2.24, 2.45) is 0 Å². The summed E-state index contributed by atoms with van der Waals surface area (Å²) in [7, 11) is 0. The van der Waals surface area contributed by atoms with Crippen LogP contribution in [0.5, 0.6) is 0 Å². The highest BCUT2D eigenvalue weighted by Crippen LogP contribution is 2.25. The lowest BCUT2D eigenvalue weighted by Gasteiger charge is -2.03. The number of aryl methyl sites for hydroxylation is 1. The summed E-state index contributed by atoms with van der Waals surface area (Å²) in [6.45, 7) is 6.09. The first-order chi connectivity index (χ1) is 8.13. The van der Waals surface area contributed by atoms with Gasteiger partial charge in [-0.3, -0.25) is 4.79 Å². The van der Waals surface area contributed by atoms with Crippen molar-refractivity contribution in [1.29, 1.82) is 0 Å². The fourth-order valence-electron chi connectivity index (χ4n) is 1.41. The average Bonchev–Trinajstić information content (AvgIpc) is 2.58. The van der Waals surface area contributed by atoms with Gasteiger partial charge in [-0.1, -0.05) is 0 Å². The van der Waals surface area contributed by atoms with Gasteiger partial charge in [-0.25, -0.2) is 0 Å². The number of thiophene rings is 1. The summed E-state index contributed by atoms with van der Waals surface area (Å²) in [4.78, 5) is 13.7. The molecule has 1 heterocycles. The summed E-state index contributed by atoms with van der Waals surface area (Å²) in [5.41, 5.74) is 0. The van der Waals surface area contributed by atoms with Crippen molar-refractivity contribution in [3.8, 4) is 0 Å². The van der Waals surface area contributed by atoms with Crippen molar-refractivity contribution in [2.45, 2.75) is 33.2 Å². The van der Waals surface area contributed by atoms with Gasteiger partial charge in [-0.15, -0.1) is 11.3 Å². The van der Waals surface area contributed by atoms with Crippen molar-refractivity contribution in [3.63, 3.8) is 0 Å². The third kappa shape index (κ3) is 5.66. The Labute approximate surface area is 115 Å². The minimum absolute atomic E-state index is 0.107.